The third kappa shape index (κ3) is 3.56. The van der Waals surface area contributed by atoms with Crippen molar-refractivity contribution < 1.29 is 9.90 Å². The number of carbonyl (C=O) groups is 1. The molecule has 9 heteroatoms. The third-order valence-electron chi connectivity index (χ3n) is 2.93. The lowest BCUT2D eigenvalue weighted by Gasteiger charge is -2.09. The van der Waals surface area contributed by atoms with Crippen molar-refractivity contribution in [3.63, 3.8) is 0 Å². The molecule has 1 atom stereocenters. The first-order valence-corrected chi connectivity index (χ1v) is 7.69. The zero-order valence-electron chi connectivity index (χ0n) is 11.9. The Morgan fingerprint density at radius 3 is 2.76 bits per heavy atom. The highest BCUT2D eigenvalue weighted by Crippen LogP contribution is 2.23. The molecule has 0 aliphatic rings. The van der Waals surface area contributed by atoms with Gasteiger partial charge in [-0.3, -0.25) is 9.48 Å². The summed E-state index contributed by atoms with van der Waals surface area (Å²) in [5.41, 5.74) is 0.758. The van der Waals surface area contributed by atoms with Crippen LogP contribution in [-0.4, -0.2) is 40.9 Å². The molecule has 0 amide bonds. The van der Waals surface area contributed by atoms with Crippen molar-refractivity contribution in [3.05, 3.63) is 22.7 Å². The predicted octanol–water partition coefficient (Wildman–Crippen LogP) is 2.07. The van der Waals surface area contributed by atoms with E-state index in [0.29, 0.717) is 23.3 Å². The summed E-state index contributed by atoms with van der Waals surface area (Å²) in [4.78, 5) is 10.9. The van der Waals surface area contributed by atoms with Gasteiger partial charge in [-0.15, -0.1) is 10.2 Å². The van der Waals surface area contributed by atoms with Gasteiger partial charge in [-0.05, 0) is 20.8 Å². The molecular weight excluding hydrogens is 314 g/mol. The largest absolute Gasteiger partial charge is 0.480 e. The number of aliphatic carboxylic acids is 1. The first-order chi connectivity index (χ1) is 9.92. The number of hydrogen-bond donors (Lipinski definition) is 1. The van der Waals surface area contributed by atoms with Gasteiger partial charge in [0.25, 0.3) is 0 Å². The Morgan fingerprint density at radius 1 is 1.52 bits per heavy atom. The lowest BCUT2D eigenvalue weighted by molar-refractivity contribution is -0.136. The zero-order chi connectivity index (χ0) is 15.6. The number of halogens is 1. The average Bonchev–Trinajstić information content (AvgIpc) is 2.94. The Hall–Kier alpha value is -1.54. The van der Waals surface area contributed by atoms with Crippen LogP contribution in [0.4, 0.5) is 0 Å². The van der Waals surface area contributed by atoms with Crippen LogP contribution >= 0.6 is 23.4 Å². The quantitative estimate of drug-likeness (QED) is 0.816. The Kier molecular flexibility index (Phi) is 4.89. The summed E-state index contributed by atoms with van der Waals surface area (Å²) in [5.74, 6) is -0.154. The van der Waals surface area contributed by atoms with Crippen molar-refractivity contribution in [2.45, 2.75) is 44.3 Å². The molecule has 7 nitrogen and oxygen atoms in total. The zero-order valence-corrected chi connectivity index (χ0v) is 13.5. The fraction of sp³-hybridized carbons (Fsp3) is 0.500. The van der Waals surface area contributed by atoms with Gasteiger partial charge in [0.05, 0.1) is 10.7 Å². The first kappa shape index (κ1) is 15.8. The Morgan fingerprint density at radius 2 is 2.24 bits per heavy atom. The van der Waals surface area contributed by atoms with Gasteiger partial charge in [0, 0.05) is 12.7 Å². The van der Waals surface area contributed by atoms with E-state index < -0.39 is 11.2 Å². The Balaban J connectivity index is 2.21. The molecule has 0 spiro atoms. The molecule has 2 aromatic rings. The topological polar surface area (TPSA) is 85.8 Å². The molecule has 2 aromatic heterocycles. The monoisotopic (exact) mass is 329 g/mol. The van der Waals surface area contributed by atoms with E-state index in [1.807, 2.05) is 18.4 Å². The number of aryl methyl sites for hydroxylation is 1. The lowest BCUT2D eigenvalue weighted by atomic mass is 10.5. The maximum atomic E-state index is 10.9. The second kappa shape index (κ2) is 6.48. The van der Waals surface area contributed by atoms with E-state index in [0.717, 1.165) is 11.5 Å². The van der Waals surface area contributed by atoms with Crippen LogP contribution in [0.2, 0.25) is 5.02 Å². The Bertz CT molecular complexity index is 635. The van der Waals surface area contributed by atoms with Gasteiger partial charge in [-0.2, -0.15) is 5.10 Å². The number of nitrogens with zero attached hydrogens (tertiary/aromatic N) is 5. The van der Waals surface area contributed by atoms with Gasteiger partial charge < -0.3 is 9.67 Å². The van der Waals surface area contributed by atoms with Crippen LogP contribution < -0.4 is 0 Å². The Labute approximate surface area is 131 Å². The number of carboxylic acids is 1. The van der Waals surface area contributed by atoms with Crippen LogP contribution in [0.25, 0.3) is 0 Å². The van der Waals surface area contributed by atoms with Crippen molar-refractivity contribution in [3.8, 4) is 0 Å². The van der Waals surface area contributed by atoms with E-state index in [1.54, 1.807) is 17.8 Å². The molecule has 114 valence electrons. The molecule has 2 rings (SSSR count). The molecule has 0 aliphatic heterocycles. The SMILES string of the molecule is CCn1c(Cn2cc(Cl)c(C)n2)nnc1SC(C)C(=O)O. The van der Waals surface area contributed by atoms with Crippen molar-refractivity contribution in [2.24, 2.45) is 0 Å². The van der Waals surface area contributed by atoms with Crippen LogP contribution in [0.15, 0.2) is 11.4 Å². The summed E-state index contributed by atoms with van der Waals surface area (Å²) in [5, 5.41) is 22.1. The molecule has 0 bridgehead atoms. The first-order valence-electron chi connectivity index (χ1n) is 6.43. The van der Waals surface area contributed by atoms with Gasteiger partial charge in [0.1, 0.15) is 11.8 Å². The second-order valence-electron chi connectivity index (χ2n) is 4.50. The fourth-order valence-electron chi connectivity index (χ4n) is 1.77. The summed E-state index contributed by atoms with van der Waals surface area (Å²) in [6.07, 6.45) is 1.73. The maximum Gasteiger partial charge on any atom is 0.316 e. The van der Waals surface area contributed by atoms with E-state index in [2.05, 4.69) is 15.3 Å². The van der Waals surface area contributed by atoms with Crippen LogP contribution in [0.3, 0.4) is 0 Å². The molecule has 0 radical (unpaired) electrons. The van der Waals surface area contributed by atoms with Crippen molar-refractivity contribution in [1.82, 2.24) is 24.5 Å². The van der Waals surface area contributed by atoms with Gasteiger partial charge in [0.2, 0.25) is 0 Å². The molecule has 1 N–H and O–H groups in total. The van der Waals surface area contributed by atoms with Gasteiger partial charge >= 0.3 is 5.97 Å². The van der Waals surface area contributed by atoms with Crippen molar-refractivity contribution >= 4 is 29.3 Å². The number of thioether (sulfide) groups is 1. The summed E-state index contributed by atoms with van der Waals surface area (Å²) >= 11 is 7.16. The van der Waals surface area contributed by atoms with Gasteiger partial charge in [-0.25, -0.2) is 0 Å². The van der Waals surface area contributed by atoms with Gasteiger partial charge in [0.15, 0.2) is 11.0 Å². The van der Waals surface area contributed by atoms with E-state index in [4.69, 9.17) is 16.7 Å². The smallest absolute Gasteiger partial charge is 0.316 e. The molecule has 0 aliphatic carbocycles. The summed E-state index contributed by atoms with van der Waals surface area (Å²) in [7, 11) is 0. The minimum Gasteiger partial charge on any atom is -0.480 e. The van der Waals surface area contributed by atoms with E-state index in [9.17, 15) is 4.79 Å². The van der Waals surface area contributed by atoms with Crippen LogP contribution in [-0.2, 0) is 17.9 Å². The third-order valence-corrected chi connectivity index (χ3v) is 4.37. The predicted molar refractivity (Wildman–Crippen MR) is 79.7 cm³/mol. The van der Waals surface area contributed by atoms with Crippen LogP contribution in [0.1, 0.15) is 25.4 Å². The molecule has 2 heterocycles. The minimum absolute atomic E-state index is 0.441. The molecule has 0 aromatic carbocycles. The number of hydrogen-bond acceptors (Lipinski definition) is 5. The molecule has 0 saturated heterocycles. The maximum absolute atomic E-state index is 10.9. The van der Waals surface area contributed by atoms with E-state index in [-0.39, 0.29) is 0 Å². The number of carboxylic acid groups (broad SMARTS) is 1. The van der Waals surface area contributed by atoms with E-state index >= 15 is 0 Å². The molecular formula is C12H16ClN5O2S. The highest BCUT2D eigenvalue weighted by Gasteiger charge is 2.19. The number of aromatic nitrogens is 5. The van der Waals surface area contributed by atoms with Crippen LogP contribution in [0, 0.1) is 6.92 Å². The normalized spacial score (nSPS) is 12.6. The van der Waals surface area contributed by atoms with Crippen LogP contribution in [0.5, 0.6) is 0 Å². The number of rotatable bonds is 6. The minimum atomic E-state index is -0.873. The standard InChI is InChI=1S/C12H16ClN5O2S/c1-4-18-10(6-17-5-9(13)7(2)16-17)14-15-12(18)21-8(3)11(19)20/h5,8H,4,6H2,1-3H3,(H,19,20). The molecule has 0 fully saturated rings. The average molecular weight is 330 g/mol. The molecule has 0 saturated carbocycles. The molecule has 21 heavy (non-hydrogen) atoms. The summed E-state index contributed by atoms with van der Waals surface area (Å²) < 4.78 is 3.58. The highest BCUT2D eigenvalue weighted by atomic mass is 35.5. The van der Waals surface area contributed by atoms with Crippen molar-refractivity contribution in [2.75, 3.05) is 0 Å². The van der Waals surface area contributed by atoms with Crippen molar-refractivity contribution in [1.29, 1.82) is 0 Å². The van der Waals surface area contributed by atoms with Gasteiger partial charge in [-0.1, -0.05) is 23.4 Å². The summed E-state index contributed by atoms with van der Waals surface area (Å²) in [6.45, 7) is 6.52. The highest BCUT2D eigenvalue weighted by molar-refractivity contribution is 8.00. The molecule has 1 unspecified atom stereocenters. The lowest BCUT2D eigenvalue weighted by Crippen LogP contribution is -2.14. The fourth-order valence-corrected chi connectivity index (χ4v) is 2.79. The van der Waals surface area contributed by atoms with E-state index in [1.165, 1.54) is 11.8 Å². The second-order valence-corrected chi connectivity index (χ2v) is 6.22. The summed E-state index contributed by atoms with van der Waals surface area (Å²) in [6, 6.07) is 0.